The van der Waals surface area contributed by atoms with Gasteiger partial charge in [-0.15, -0.1) is 0 Å². The Morgan fingerprint density at radius 1 is 1.24 bits per heavy atom. The maximum atomic E-state index is 13.2. The topological polar surface area (TPSA) is 72.2 Å². The highest BCUT2D eigenvalue weighted by Gasteiger charge is 2.17. The first-order valence-electron chi connectivity index (χ1n) is 6.11. The first-order chi connectivity index (χ1) is 9.83. The minimum Gasteiger partial charge on any atom is -0.326 e. The summed E-state index contributed by atoms with van der Waals surface area (Å²) in [5, 5.41) is 0.117. The van der Waals surface area contributed by atoms with Crippen LogP contribution in [0.4, 0.5) is 10.1 Å². The molecule has 21 heavy (non-hydrogen) atoms. The Morgan fingerprint density at radius 3 is 2.62 bits per heavy atom. The molecule has 2 aromatic rings. The fraction of sp³-hybridized carbons (Fsp3) is 0.143. The van der Waals surface area contributed by atoms with Crippen molar-refractivity contribution >= 4 is 27.3 Å². The lowest BCUT2D eigenvalue weighted by Gasteiger charge is -2.11. The van der Waals surface area contributed by atoms with Crippen LogP contribution in [-0.2, 0) is 16.6 Å². The zero-order chi connectivity index (χ0) is 15.6. The average molecular weight is 329 g/mol. The molecular formula is C14H14ClFN2O2S. The van der Waals surface area contributed by atoms with E-state index in [1.165, 1.54) is 18.2 Å². The van der Waals surface area contributed by atoms with Crippen molar-refractivity contribution in [1.29, 1.82) is 0 Å². The zero-order valence-electron chi connectivity index (χ0n) is 11.2. The summed E-state index contributed by atoms with van der Waals surface area (Å²) in [5.74, 6) is -0.580. The first-order valence-corrected chi connectivity index (χ1v) is 7.97. The molecule has 0 amide bonds. The molecule has 0 saturated heterocycles. The Kier molecular flexibility index (Phi) is 4.51. The van der Waals surface area contributed by atoms with E-state index < -0.39 is 15.8 Å². The summed E-state index contributed by atoms with van der Waals surface area (Å²) in [6.07, 6.45) is 0. The number of sulfonamides is 1. The van der Waals surface area contributed by atoms with Gasteiger partial charge in [0.05, 0.1) is 15.6 Å². The molecule has 0 spiro atoms. The summed E-state index contributed by atoms with van der Waals surface area (Å²) in [7, 11) is -3.86. The minimum absolute atomic E-state index is 0.00783. The van der Waals surface area contributed by atoms with Gasteiger partial charge in [0.25, 0.3) is 10.0 Å². The molecule has 2 rings (SSSR count). The quantitative estimate of drug-likeness (QED) is 0.906. The Hall–Kier alpha value is -1.63. The van der Waals surface area contributed by atoms with Crippen LogP contribution in [0.3, 0.4) is 0 Å². The van der Waals surface area contributed by atoms with Gasteiger partial charge < -0.3 is 5.73 Å². The van der Waals surface area contributed by atoms with Crippen molar-refractivity contribution in [3.8, 4) is 0 Å². The van der Waals surface area contributed by atoms with E-state index in [0.717, 1.165) is 23.3 Å². The lowest BCUT2D eigenvalue weighted by atomic mass is 10.1. The van der Waals surface area contributed by atoms with Crippen LogP contribution in [0, 0.1) is 12.7 Å². The van der Waals surface area contributed by atoms with E-state index in [0.29, 0.717) is 0 Å². The predicted molar refractivity (Wildman–Crippen MR) is 81.3 cm³/mol. The van der Waals surface area contributed by atoms with Gasteiger partial charge in [-0.2, -0.15) is 0 Å². The fourth-order valence-corrected chi connectivity index (χ4v) is 3.16. The van der Waals surface area contributed by atoms with Gasteiger partial charge in [-0.1, -0.05) is 17.7 Å². The third-order valence-corrected chi connectivity index (χ3v) is 4.72. The molecule has 0 aliphatic rings. The SMILES string of the molecule is Cc1ccc(S(=O)(=O)Nc2cc(F)ccc2Cl)cc1CN. The van der Waals surface area contributed by atoms with E-state index in [-0.39, 0.29) is 22.2 Å². The van der Waals surface area contributed by atoms with E-state index in [4.69, 9.17) is 17.3 Å². The lowest BCUT2D eigenvalue weighted by molar-refractivity contribution is 0.601. The number of nitrogens with two attached hydrogens (primary N) is 1. The molecular weight excluding hydrogens is 315 g/mol. The van der Waals surface area contributed by atoms with Crippen LogP contribution in [0.1, 0.15) is 11.1 Å². The minimum atomic E-state index is -3.86. The second kappa shape index (κ2) is 6.01. The largest absolute Gasteiger partial charge is 0.326 e. The Bertz CT molecular complexity index is 779. The molecule has 0 unspecified atom stereocenters. The summed E-state index contributed by atoms with van der Waals surface area (Å²) in [6.45, 7) is 2.07. The van der Waals surface area contributed by atoms with E-state index in [9.17, 15) is 12.8 Å². The average Bonchev–Trinajstić information content (AvgIpc) is 2.43. The van der Waals surface area contributed by atoms with Gasteiger partial charge in [-0.05, 0) is 48.4 Å². The molecule has 112 valence electrons. The molecule has 0 aliphatic heterocycles. The van der Waals surface area contributed by atoms with Crippen LogP contribution >= 0.6 is 11.6 Å². The summed E-state index contributed by atoms with van der Waals surface area (Å²) in [6, 6.07) is 8.09. The summed E-state index contributed by atoms with van der Waals surface area (Å²) in [4.78, 5) is 0.0499. The van der Waals surface area contributed by atoms with Crippen LogP contribution < -0.4 is 10.5 Å². The van der Waals surface area contributed by atoms with E-state index in [2.05, 4.69) is 4.72 Å². The van der Waals surface area contributed by atoms with Gasteiger partial charge in [0.2, 0.25) is 0 Å². The number of benzene rings is 2. The van der Waals surface area contributed by atoms with Gasteiger partial charge in [0, 0.05) is 6.54 Å². The van der Waals surface area contributed by atoms with Gasteiger partial charge in [0.1, 0.15) is 5.82 Å². The molecule has 0 heterocycles. The van der Waals surface area contributed by atoms with Crippen molar-refractivity contribution in [2.24, 2.45) is 5.73 Å². The number of nitrogens with one attached hydrogen (secondary N) is 1. The van der Waals surface area contributed by atoms with Gasteiger partial charge >= 0.3 is 0 Å². The maximum Gasteiger partial charge on any atom is 0.261 e. The molecule has 0 bridgehead atoms. The number of aryl methyl sites for hydroxylation is 1. The highest BCUT2D eigenvalue weighted by Crippen LogP contribution is 2.26. The molecule has 0 fully saturated rings. The van der Waals surface area contributed by atoms with E-state index in [1.807, 2.05) is 6.92 Å². The van der Waals surface area contributed by atoms with Crippen LogP contribution in [-0.4, -0.2) is 8.42 Å². The fourth-order valence-electron chi connectivity index (χ4n) is 1.81. The van der Waals surface area contributed by atoms with Crippen molar-refractivity contribution in [2.45, 2.75) is 18.4 Å². The lowest BCUT2D eigenvalue weighted by Crippen LogP contribution is -2.14. The van der Waals surface area contributed by atoms with Crippen molar-refractivity contribution in [3.05, 3.63) is 58.4 Å². The van der Waals surface area contributed by atoms with Crippen LogP contribution in [0.2, 0.25) is 5.02 Å². The van der Waals surface area contributed by atoms with Gasteiger partial charge in [0.15, 0.2) is 0 Å². The maximum absolute atomic E-state index is 13.2. The molecule has 2 aromatic carbocycles. The van der Waals surface area contributed by atoms with Crippen molar-refractivity contribution < 1.29 is 12.8 Å². The number of anilines is 1. The summed E-state index contributed by atoms with van der Waals surface area (Å²) in [5.41, 5.74) is 7.19. The zero-order valence-corrected chi connectivity index (χ0v) is 12.8. The Balaban J connectivity index is 2.41. The highest BCUT2D eigenvalue weighted by molar-refractivity contribution is 7.92. The van der Waals surface area contributed by atoms with Gasteiger partial charge in [-0.3, -0.25) is 4.72 Å². The second-order valence-electron chi connectivity index (χ2n) is 4.52. The molecule has 0 radical (unpaired) electrons. The standard InChI is InChI=1S/C14H14ClFN2O2S/c1-9-2-4-12(6-10(9)8-17)21(19,20)18-14-7-11(16)3-5-13(14)15/h2-7,18H,8,17H2,1H3. The first kappa shape index (κ1) is 15.8. The number of hydrogen-bond acceptors (Lipinski definition) is 3. The molecule has 4 nitrogen and oxygen atoms in total. The molecule has 3 N–H and O–H groups in total. The molecule has 7 heteroatoms. The van der Waals surface area contributed by atoms with Crippen LogP contribution in [0.5, 0.6) is 0 Å². The Labute approximate surface area is 127 Å². The number of hydrogen-bond donors (Lipinski definition) is 2. The monoisotopic (exact) mass is 328 g/mol. The van der Waals surface area contributed by atoms with Crippen LogP contribution in [0.25, 0.3) is 0 Å². The van der Waals surface area contributed by atoms with Gasteiger partial charge in [-0.25, -0.2) is 12.8 Å². The van der Waals surface area contributed by atoms with Crippen molar-refractivity contribution in [3.63, 3.8) is 0 Å². The molecule has 0 saturated carbocycles. The highest BCUT2D eigenvalue weighted by atomic mass is 35.5. The third kappa shape index (κ3) is 3.53. The van der Waals surface area contributed by atoms with Crippen LogP contribution in [0.15, 0.2) is 41.3 Å². The molecule has 0 atom stereocenters. The summed E-state index contributed by atoms with van der Waals surface area (Å²) < 4.78 is 40.1. The smallest absolute Gasteiger partial charge is 0.261 e. The summed E-state index contributed by atoms with van der Waals surface area (Å²) >= 11 is 5.86. The predicted octanol–water partition coefficient (Wildman–Crippen LogP) is 3.05. The second-order valence-corrected chi connectivity index (χ2v) is 6.61. The van der Waals surface area contributed by atoms with E-state index in [1.54, 1.807) is 6.07 Å². The van der Waals surface area contributed by atoms with Crippen molar-refractivity contribution in [2.75, 3.05) is 4.72 Å². The molecule has 0 aromatic heterocycles. The Morgan fingerprint density at radius 2 is 1.95 bits per heavy atom. The number of rotatable bonds is 4. The normalized spacial score (nSPS) is 11.4. The third-order valence-electron chi connectivity index (χ3n) is 3.02. The molecule has 0 aliphatic carbocycles. The van der Waals surface area contributed by atoms with Crippen molar-refractivity contribution in [1.82, 2.24) is 0 Å². The van der Waals surface area contributed by atoms with E-state index >= 15 is 0 Å². The number of halogens is 2.